The first-order chi connectivity index (χ1) is 12.3. The molecular formula is C22H21NOS. The van der Waals surface area contributed by atoms with Crippen LogP contribution in [0.1, 0.15) is 50.8 Å². The molecule has 2 nitrogen and oxygen atoms in total. The zero-order chi connectivity index (χ0) is 17.1. The summed E-state index contributed by atoms with van der Waals surface area (Å²) in [6.45, 7) is 0. The van der Waals surface area contributed by atoms with Crippen LogP contribution in [0.25, 0.3) is 0 Å². The van der Waals surface area contributed by atoms with E-state index in [1.54, 1.807) is 11.3 Å². The molecule has 1 N–H and O–H groups in total. The van der Waals surface area contributed by atoms with Crippen molar-refractivity contribution in [2.75, 3.05) is 0 Å². The predicted octanol–water partition coefficient (Wildman–Crippen LogP) is 5.15. The van der Waals surface area contributed by atoms with E-state index in [4.69, 9.17) is 0 Å². The summed E-state index contributed by atoms with van der Waals surface area (Å²) in [7, 11) is 0. The fraction of sp³-hybridized carbons (Fsp3) is 0.227. The average Bonchev–Trinajstić information content (AvgIpc) is 3.11. The van der Waals surface area contributed by atoms with Gasteiger partial charge in [0.05, 0.1) is 10.9 Å². The number of benzene rings is 2. The van der Waals surface area contributed by atoms with E-state index in [9.17, 15) is 4.79 Å². The van der Waals surface area contributed by atoms with Crippen molar-refractivity contribution in [2.45, 2.75) is 31.7 Å². The molecule has 1 heterocycles. The molecular weight excluding hydrogens is 326 g/mol. The van der Waals surface area contributed by atoms with E-state index >= 15 is 0 Å². The summed E-state index contributed by atoms with van der Waals surface area (Å²) in [6.07, 6.45) is 4.56. The Morgan fingerprint density at radius 1 is 0.880 bits per heavy atom. The van der Waals surface area contributed by atoms with Crippen molar-refractivity contribution < 1.29 is 4.79 Å². The van der Waals surface area contributed by atoms with Crippen LogP contribution >= 0.6 is 11.3 Å². The van der Waals surface area contributed by atoms with Crippen LogP contribution in [0.3, 0.4) is 0 Å². The molecule has 0 atom stereocenters. The first kappa shape index (κ1) is 16.1. The Morgan fingerprint density at radius 2 is 1.48 bits per heavy atom. The summed E-state index contributed by atoms with van der Waals surface area (Å²) >= 11 is 1.59. The Morgan fingerprint density at radius 3 is 2.12 bits per heavy atom. The van der Waals surface area contributed by atoms with Crippen molar-refractivity contribution >= 4 is 17.2 Å². The molecule has 3 aromatic rings. The van der Waals surface area contributed by atoms with Gasteiger partial charge in [-0.25, -0.2) is 0 Å². The molecule has 0 radical (unpaired) electrons. The number of thiophene rings is 1. The van der Waals surface area contributed by atoms with E-state index in [2.05, 4.69) is 35.0 Å². The number of carbonyl (C=O) groups excluding carboxylic acids is 1. The van der Waals surface area contributed by atoms with Gasteiger partial charge in [0.15, 0.2) is 0 Å². The van der Waals surface area contributed by atoms with Crippen LogP contribution in [-0.2, 0) is 12.8 Å². The Bertz CT molecular complexity index is 815. The molecule has 4 rings (SSSR count). The van der Waals surface area contributed by atoms with Crippen LogP contribution in [0.5, 0.6) is 0 Å². The van der Waals surface area contributed by atoms with Gasteiger partial charge in [0.1, 0.15) is 0 Å². The van der Waals surface area contributed by atoms with Gasteiger partial charge in [-0.2, -0.15) is 0 Å². The topological polar surface area (TPSA) is 29.1 Å². The summed E-state index contributed by atoms with van der Waals surface area (Å²) in [5, 5.41) is 5.44. The second-order valence-electron chi connectivity index (χ2n) is 6.50. The maximum absolute atomic E-state index is 13.0. The number of fused-ring (bicyclic) bond motifs is 1. The largest absolute Gasteiger partial charge is 0.340 e. The molecule has 25 heavy (non-hydrogen) atoms. The summed E-state index contributed by atoms with van der Waals surface area (Å²) in [6, 6.07) is 20.2. The summed E-state index contributed by atoms with van der Waals surface area (Å²) in [5.74, 6) is 0.0471. The van der Waals surface area contributed by atoms with Crippen LogP contribution in [0.15, 0.2) is 66.0 Å². The second-order valence-corrected chi connectivity index (χ2v) is 7.38. The van der Waals surface area contributed by atoms with Gasteiger partial charge in [0.25, 0.3) is 5.91 Å². The van der Waals surface area contributed by atoms with Gasteiger partial charge in [-0.15, -0.1) is 11.3 Å². The second kappa shape index (κ2) is 7.24. The number of hydrogen-bond acceptors (Lipinski definition) is 2. The molecule has 0 saturated carbocycles. The van der Waals surface area contributed by atoms with E-state index in [1.807, 2.05) is 36.4 Å². The van der Waals surface area contributed by atoms with E-state index in [-0.39, 0.29) is 11.9 Å². The Labute approximate surface area is 152 Å². The van der Waals surface area contributed by atoms with E-state index in [1.165, 1.54) is 24.0 Å². The number of rotatable bonds is 4. The Kier molecular flexibility index (Phi) is 4.66. The first-order valence-electron chi connectivity index (χ1n) is 8.83. The molecule has 0 bridgehead atoms. The lowest BCUT2D eigenvalue weighted by Gasteiger charge is -2.20. The number of amides is 1. The zero-order valence-electron chi connectivity index (χ0n) is 14.1. The quantitative estimate of drug-likeness (QED) is 0.695. The van der Waals surface area contributed by atoms with Crippen molar-refractivity contribution in [1.29, 1.82) is 0 Å². The number of nitrogens with one attached hydrogen (secondary N) is 1. The highest BCUT2D eigenvalue weighted by Crippen LogP contribution is 2.31. The zero-order valence-corrected chi connectivity index (χ0v) is 14.9. The highest BCUT2D eigenvalue weighted by molar-refractivity contribution is 7.12. The summed E-state index contributed by atoms with van der Waals surface area (Å²) in [4.78, 5) is 13.9. The van der Waals surface area contributed by atoms with Gasteiger partial charge in [0.2, 0.25) is 0 Å². The summed E-state index contributed by atoms with van der Waals surface area (Å²) in [5.41, 5.74) is 4.85. The summed E-state index contributed by atoms with van der Waals surface area (Å²) < 4.78 is 0. The fourth-order valence-corrected chi connectivity index (χ4v) is 4.62. The molecule has 1 amide bonds. The van der Waals surface area contributed by atoms with Gasteiger partial charge >= 0.3 is 0 Å². The lowest BCUT2D eigenvalue weighted by atomic mass is 9.93. The minimum atomic E-state index is -0.128. The standard InChI is InChI=1S/C22H21NOS/c24-22(21-19-14-8-7-13-18(19)15-25-21)23-20(16-9-3-1-4-10-16)17-11-5-2-6-12-17/h1-6,9-12,15,20H,7-8,13-14H2,(H,23,24). The number of aryl methyl sites for hydroxylation is 1. The normalized spacial score (nSPS) is 13.5. The highest BCUT2D eigenvalue weighted by Gasteiger charge is 2.23. The highest BCUT2D eigenvalue weighted by atomic mass is 32.1. The number of hydrogen-bond donors (Lipinski definition) is 1. The molecule has 0 unspecified atom stereocenters. The average molecular weight is 347 g/mol. The predicted molar refractivity (Wildman–Crippen MR) is 103 cm³/mol. The Hall–Kier alpha value is -2.39. The third kappa shape index (κ3) is 3.38. The van der Waals surface area contributed by atoms with Crippen molar-refractivity contribution in [3.63, 3.8) is 0 Å². The van der Waals surface area contributed by atoms with Crippen LogP contribution in [-0.4, -0.2) is 5.91 Å². The van der Waals surface area contributed by atoms with Crippen molar-refractivity contribution in [1.82, 2.24) is 5.32 Å². The first-order valence-corrected chi connectivity index (χ1v) is 9.71. The van der Waals surface area contributed by atoms with Gasteiger partial charge in [0, 0.05) is 0 Å². The lowest BCUT2D eigenvalue weighted by molar-refractivity contribution is 0.0946. The van der Waals surface area contributed by atoms with Crippen LogP contribution in [0.2, 0.25) is 0 Å². The molecule has 0 aliphatic heterocycles. The lowest BCUT2D eigenvalue weighted by Crippen LogP contribution is -2.29. The maximum atomic E-state index is 13.0. The van der Waals surface area contributed by atoms with Crippen molar-refractivity contribution in [2.24, 2.45) is 0 Å². The van der Waals surface area contributed by atoms with E-state index < -0.39 is 0 Å². The molecule has 2 aromatic carbocycles. The monoisotopic (exact) mass is 347 g/mol. The molecule has 0 fully saturated rings. The smallest absolute Gasteiger partial charge is 0.262 e. The molecule has 0 saturated heterocycles. The van der Waals surface area contributed by atoms with Crippen molar-refractivity contribution in [3.05, 3.63) is 93.2 Å². The molecule has 126 valence electrons. The molecule has 1 aliphatic rings. The third-order valence-corrected chi connectivity index (χ3v) is 5.92. The fourth-order valence-electron chi connectivity index (χ4n) is 3.56. The van der Waals surface area contributed by atoms with E-state index in [0.717, 1.165) is 28.8 Å². The minimum absolute atomic E-state index is 0.0471. The Balaban J connectivity index is 1.65. The molecule has 1 aliphatic carbocycles. The maximum Gasteiger partial charge on any atom is 0.262 e. The third-order valence-electron chi connectivity index (χ3n) is 4.85. The van der Waals surface area contributed by atoms with E-state index in [0.29, 0.717) is 0 Å². The van der Waals surface area contributed by atoms with Gasteiger partial charge in [-0.3, -0.25) is 4.79 Å². The number of carbonyl (C=O) groups is 1. The van der Waals surface area contributed by atoms with Crippen LogP contribution < -0.4 is 5.32 Å². The molecule has 0 spiro atoms. The van der Waals surface area contributed by atoms with Crippen LogP contribution in [0.4, 0.5) is 0 Å². The van der Waals surface area contributed by atoms with Gasteiger partial charge < -0.3 is 5.32 Å². The van der Waals surface area contributed by atoms with Crippen LogP contribution in [0, 0.1) is 0 Å². The van der Waals surface area contributed by atoms with Gasteiger partial charge in [-0.1, -0.05) is 60.7 Å². The molecule has 1 aromatic heterocycles. The molecule has 3 heteroatoms. The van der Waals surface area contributed by atoms with Gasteiger partial charge in [-0.05, 0) is 53.3 Å². The minimum Gasteiger partial charge on any atom is -0.340 e. The SMILES string of the molecule is O=C(NC(c1ccccc1)c1ccccc1)c1scc2c1CCCC2. The van der Waals surface area contributed by atoms with Crippen molar-refractivity contribution in [3.8, 4) is 0 Å².